The van der Waals surface area contributed by atoms with Gasteiger partial charge in [0.05, 0.1) is 0 Å². The molecule has 2 aromatic carbocycles. The molecule has 0 aliphatic carbocycles. The Hall–Kier alpha value is -4.26. The zero-order valence-corrected chi connectivity index (χ0v) is 16.8. The van der Waals surface area contributed by atoms with E-state index in [2.05, 4.69) is 9.97 Å². The van der Waals surface area contributed by atoms with E-state index in [1.54, 1.807) is 12.3 Å². The van der Waals surface area contributed by atoms with E-state index in [-0.39, 0.29) is 12.6 Å². The summed E-state index contributed by atoms with van der Waals surface area (Å²) in [6, 6.07) is 18.8. The number of amidine groups is 1. The van der Waals surface area contributed by atoms with Crippen molar-refractivity contribution in [3.8, 4) is 33.8 Å². The SMILES string of the molecule is NC1=N[C@@]2(CO1)c1cc(-c3cccnc3)ccc1Oc1ccc(-c3ccc(F)nc3)cc12. The second kappa shape index (κ2) is 6.88. The normalized spacial score (nSPS) is 18.3. The second-order valence-electron chi connectivity index (χ2n) is 7.73. The van der Waals surface area contributed by atoms with E-state index < -0.39 is 11.5 Å². The number of halogens is 1. The van der Waals surface area contributed by atoms with E-state index in [4.69, 9.17) is 20.2 Å². The molecule has 0 unspecified atom stereocenters. The largest absolute Gasteiger partial charge is 0.462 e. The third kappa shape index (κ3) is 2.82. The molecule has 2 aliphatic rings. The number of fused-ring (bicyclic) bond motifs is 4. The van der Waals surface area contributed by atoms with Gasteiger partial charge in [0, 0.05) is 40.8 Å². The van der Waals surface area contributed by atoms with Gasteiger partial charge in [-0.15, -0.1) is 0 Å². The van der Waals surface area contributed by atoms with Crippen LogP contribution in [0.5, 0.6) is 11.5 Å². The average molecular weight is 424 g/mol. The molecule has 2 aliphatic heterocycles. The number of aliphatic imine (C=N–C) groups is 1. The first-order valence-electron chi connectivity index (χ1n) is 10.1. The van der Waals surface area contributed by atoms with Gasteiger partial charge in [-0.2, -0.15) is 4.39 Å². The van der Waals surface area contributed by atoms with Crippen molar-refractivity contribution in [2.45, 2.75) is 5.54 Å². The molecular weight excluding hydrogens is 407 g/mol. The number of pyridine rings is 2. The Morgan fingerprint density at radius 2 is 1.53 bits per heavy atom. The lowest BCUT2D eigenvalue weighted by atomic mass is 9.79. The van der Waals surface area contributed by atoms with Gasteiger partial charge in [-0.25, -0.2) is 9.98 Å². The predicted octanol–water partition coefficient (Wildman–Crippen LogP) is 4.64. The van der Waals surface area contributed by atoms with Gasteiger partial charge >= 0.3 is 0 Å². The Morgan fingerprint density at radius 1 is 0.844 bits per heavy atom. The van der Waals surface area contributed by atoms with Crippen molar-refractivity contribution >= 4 is 6.02 Å². The van der Waals surface area contributed by atoms with Gasteiger partial charge in [-0.3, -0.25) is 4.98 Å². The van der Waals surface area contributed by atoms with E-state index in [1.165, 1.54) is 12.3 Å². The molecular formula is C25H17FN4O2. The molecule has 2 aromatic heterocycles. The molecule has 0 fully saturated rings. The van der Waals surface area contributed by atoms with Crippen LogP contribution in [0, 0.1) is 5.95 Å². The van der Waals surface area contributed by atoms with Crippen molar-refractivity contribution in [1.82, 2.24) is 9.97 Å². The molecule has 0 amide bonds. The highest BCUT2D eigenvalue weighted by atomic mass is 19.1. The van der Waals surface area contributed by atoms with Gasteiger partial charge in [-0.1, -0.05) is 18.2 Å². The summed E-state index contributed by atoms with van der Waals surface area (Å²) < 4.78 is 25.2. The lowest BCUT2D eigenvalue weighted by Gasteiger charge is -2.34. The monoisotopic (exact) mass is 424 g/mol. The first kappa shape index (κ1) is 18.5. The summed E-state index contributed by atoms with van der Waals surface area (Å²) in [7, 11) is 0. The van der Waals surface area contributed by atoms with Crippen LogP contribution in [0.2, 0.25) is 0 Å². The standard InChI is InChI=1S/C25H17FN4O2/c26-23-8-5-18(13-29-23)16-4-7-22-20(11-16)25(14-31-24(27)30-25)19-10-15(3-6-21(19)32-22)17-2-1-9-28-12-17/h1-13H,14H2,(H2,27,30)/t25-/m0/s1. The van der Waals surface area contributed by atoms with Crippen LogP contribution in [-0.2, 0) is 10.3 Å². The van der Waals surface area contributed by atoms with Crippen molar-refractivity contribution in [3.63, 3.8) is 0 Å². The third-order valence-electron chi connectivity index (χ3n) is 5.86. The molecule has 1 atom stereocenters. The fourth-order valence-electron chi connectivity index (χ4n) is 4.29. The molecule has 6 rings (SSSR count). The molecule has 0 bridgehead atoms. The topological polar surface area (TPSA) is 82.6 Å². The fraction of sp³-hybridized carbons (Fsp3) is 0.0800. The Balaban J connectivity index is 1.54. The lowest BCUT2D eigenvalue weighted by Crippen LogP contribution is -2.31. The molecule has 7 heteroatoms. The van der Waals surface area contributed by atoms with Crippen LogP contribution < -0.4 is 10.5 Å². The summed E-state index contributed by atoms with van der Waals surface area (Å²) in [6.07, 6.45) is 5.06. The maximum absolute atomic E-state index is 13.3. The summed E-state index contributed by atoms with van der Waals surface area (Å²) >= 11 is 0. The summed E-state index contributed by atoms with van der Waals surface area (Å²) in [4.78, 5) is 12.7. The molecule has 4 heterocycles. The summed E-state index contributed by atoms with van der Waals surface area (Å²) in [5.74, 6) is 0.848. The van der Waals surface area contributed by atoms with E-state index in [1.807, 2.05) is 54.7 Å². The summed E-state index contributed by atoms with van der Waals surface area (Å²) in [6.45, 7) is 0.254. The Labute approximate surface area is 183 Å². The number of hydrogen-bond acceptors (Lipinski definition) is 6. The van der Waals surface area contributed by atoms with Crippen LogP contribution >= 0.6 is 0 Å². The van der Waals surface area contributed by atoms with E-state index in [9.17, 15) is 4.39 Å². The average Bonchev–Trinajstić information content (AvgIpc) is 3.22. The van der Waals surface area contributed by atoms with E-state index in [0.717, 1.165) is 33.4 Å². The molecule has 0 saturated heterocycles. The fourth-order valence-corrected chi connectivity index (χ4v) is 4.29. The third-order valence-corrected chi connectivity index (χ3v) is 5.86. The number of benzene rings is 2. The second-order valence-corrected chi connectivity index (χ2v) is 7.73. The maximum atomic E-state index is 13.3. The Morgan fingerprint density at radius 3 is 2.09 bits per heavy atom. The molecule has 32 heavy (non-hydrogen) atoms. The summed E-state index contributed by atoms with van der Waals surface area (Å²) in [5, 5.41) is 0. The zero-order chi connectivity index (χ0) is 21.7. The van der Waals surface area contributed by atoms with Gasteiger partial charge in [0.25, 0.3) is 6.02 Å². The van der Waals surface area contributed by atoms with Crippen LogP contribution in [-0.4, -0.2) is 22.6 Å². The van der Waals surface area contributed by atoms with Gasteiger partial charge in [-0.05, 0) is 53.6 Å². The van der Waals surface area contributed by atoms with Crippen molar-refractivity contribution in [2.24, 2.45) is 10.7 Å². The predicted molar refractivity (Wildman–Crippen MR) is 118 cm³/mol. The molecule has 1 spiro atoms. The maximum Gasteiger partial charge on any atom is 0.283 e. The van der Waals surface area contributed by atoms with Crippen LogP contribution in [0.15, 0.2) is 84.2 Å². The number of rotatable bonds is 2. The van der Waals surface area contributed by atoms with Crippen LogP contribution in [0.25, 0.3) is 22.3 Å². The van der Waals surface area contributed by atoms with E-state index in [0.29, 0.717) is 11.5 Å². The number of hydrogen-bond donors (Lipinski definition) is 1. The summed E-state index contributed by atoms with van der Waals surface area (Å²) in [5.41, 5.74) is 10.5. The first-order chi connectivity index (χ1) is 15.6. The minimum absolute atomic E-state index is 0.129. The Kier molecular flexibility index (Phi) is 3.98. The van der Waals surface area contributed by atoms with E-state index >= 15 is 0 Å². The van der Waals surface area contributed by atoms with Crippen molar-refractivity contribution in [2.75, 3.05) is 6.61 Å². The molecule has 2 N–H and O–H groups in total. The molecule has 0 radical (unpaired) electrons. The van der Waals surface area contributed by atoms with Crippen LogP contribution in [0.3, 0.4) is 0 Å². The van der Waals surface area contributed by atoms with Crippen molar-refractivity contribution in [3.05, 3.63) is 96.3 Å². The minimum Gasteiger partial charge on any atom is -0.462 e. The van der Waals surface area contributed by atoms with Crippen molar-refractivity contribution in [1.29, 1.82) is 0 Å². The van der Waals surface area contributed by atoms with Crippen molar-refractivity contribution < 1.29 is 13.9 Å². The quantitative estimate of drug-likeness (QED) is 0.474. The van der Waals surface area contributed by atoms with Gasteiger partial charge in [0.15, 0.2) is 5.54 Å². The molecule has 156 valence electrons. The number of nitrogens with two attached hydrogens (primary N) is 1. The van der Waals surface area contributed by atoms with Crippen LogP contribution in [0.4, 0.5) is 4.39 Å². The first-order valence-corrected chi connectivity index (χ1v) is 10.1. The number of nitrogens with zero attached hydrogens (tertiary/aromatic N) is 3. The molecule has 4 aromatic rings. The Bertz CT molecular complexity index is 1370. The lowest BCUT2D eigenvalue weighted by molar-refractivity contribution is 0.264. The van der Waals surface area contributed by atoms with Gasteiger partial charge in [0.2, 0.25) is 5.95 Å². The van der Waals surface area contributed by atoms with Crippen LogP contribution in [0.1, 0.15) is 11.1 Å². The highest BCUT2D eigenvalue weighted by molar-refractivity contribution is 5.79. The highest BCUT2D eigenvalue weighted by Crippen LogP contribution is 2.52. The smallest absolute Gasteiger partial charge is 0.283 e. The minimum atomic E-state index is -0.852. The highest BCUT2D eigenvalue weighted by Gasteiger charge is 2.47. The van der Waals surface area contributed by atoms with Gasteiger partial charge in [0.1, 0.15) is 18.1 Å². The molecule has 6 nitrogen and oxygen atoms in total. The number of ether oxygens (including phenoxy) is 2. The zero-order valence-electron chi connectivity index (χ0n) is 16.8. The molecule has 0 saturated carbocycles. The van der Waals surface area contributed by atoms with Gasteiger partial charge < -0.3 is 15.2 Å². The number of aromatic nitrogens is 2.